The molecule has 1 saturated heterocycles. The number of nitrogens with zero attached hydrogens (tertiary/aromatic N) is 1. The second-order valence-electron chi connectivity index (χ2n) is 6.22. The third-order valence-corrected chi connectivity index (χ3v) is 3.81. The van der Waals surface area contributed by atoms with Crippen molar-refractivity contribution in [2.24, 2.45) is 0 Å². The van der Waals surface area contributed by atoms with Crippen LogP contribution in [0.25, 0.3) is 0 Å². The van der Waals surface area contributed by atoms with Gasteiger partial charge >= 0.3 is 0 Å². The summed E-state index contributed by atoms with van der Waals surface area (Å²) in [6, 6.07) is 11.6. The van der Waals surface area contributed by atoms with Gasteiger partial charge in [-0.15, -0.1) is 0 Å². The number of phenolic OH excluding ortho intramolecular Hbond substituents is 2. The fraction of sp³-hybridized carbons (Fsp3) is 0.300. The molecule has 1 fully saturated rings. The van der Waals surface area contributed by atoms with E-state index in [0.717, 1.165) is 18.8 Å². The van der Waals surface area contributed by atoms with Crippen LogP contribution in [0.4, 0.5) is 17.1 Å². The van der Waals surface area contributed by atoms with Gasteiger partial charge in [0.15, 0.2) is 0 Å². The molecular weight excluding hydrogens is 362 g/mol. The number of morpholine rings is 1. The Bertz CT molecular complexity index is 819. The molecule has 0 unspecified atom stereocenters. The van der Waals surface area contributed by atoms with Crippen LogP contribution in [0.2, 0.25) is 0 Å². The van der Waals surface area contributed by atoms with Crippen LogP contribution in [0, 0.1) is 0 Å². The first-order valence-corrected chi connectivity index (χ1v) is 8.85. The summed E-state index contributed by atoms with van der Waals surface area (Å²) in [4.78, 5) is 23.5. The third-order valence-electron chi connectivity index (χ3n) is 3.81. The van der Waals surface area contributed by atoms with E-state index in [2.05, 4.69) is 15.5 Å². The van der Waals surface area contributed by atoms with Gasteiger partial charge in [0, 0.05) is 50.4 Å². The van der Waals surface area contributed by atoms with E-state index in [9.17, 15) is 14.7 Å². The highest BCUT2D eigenvalue weighted by Gasteiger charge is 2.14. The van der Waals surface area contributed by atoms with Crippen LogP contribution in [-0.4, -0.2) is 48.3 Å². The van der Waals surface area contributed by atoms with E-state index in [1.165, 1.54) is 19.9 Å². The van der Waals surface area contributed by atoms with E-state index in [4.69, 9.17) is 9.84 Å². The van der Waals surface area contributed by atoms with Crippen molar-refractivity contribution < 1.29 is 24.5 Å². The van der Waals surface area contributed by atoms with Crippen molar-refractivity contribution in [1.29, 1.82) is 0 Å². The quantitative estimate of drug-likeness (QED) is 0.644. The van der Waals surface area contributed by atoms with Crippen molar-refractivity contribution in [3.8, 4) is 11.5 Å². The number of rotatable bonds is 3. The summed E-state index contributed by atoms with van der Waals surface area (Å²) in [5.74, 6) is 0.0357. The molecule has 4 N–H and O–H groups in total. The predicted octanol–water partition coefficient (Wildman–Crippen LogP) is 2.54. The van der Waals surface area contributed by atoms with Crippen LogP contribution in [0.1, 0.15) is 13.8 Å². The molecule has 8 nitrogen and oxygen atoms in total. The SMILES string of the molecule is CC(=O)Nc1ccc(N2CCOCC2)c(O)c1.CC(=O)Nc1cccc(O)c1. The molecule has 0 aromatic heterocycles. The lowest BCUT2D eigenvalue weighted by atomic mass is 10.2. The summed E-state index contributed by atoms with van der Waals surface area (Å²) in [5, 5.41) is 24.1. The van der Waals surface area contributed by atoms with Crippen molar-refractivity contribution in [3.05, 3.63) is 42.5 Å². The minimum Gasteiger partial charge on any atom is -0.508 e. The summed E-state index contributed by atoms with van der Waals surface area (Å²) in [7, 11) is 0. The van der Waals surface area contributed by atoms with Crippen molar-refractivity contribution >= 4 is 28.9 Å². The summed E-state index contributed by atoms with van der Waals surface area (Å²) >= 11 is 0. The topological polar surface area (TPSA) is 111 Å². The van der Waals surface area contributed by atoms with Crippen LogP contribution in [-0.2, 0) is 14.3 Å². The zero-order valence-electron chi connectivity index (χ0n) is 15.9. The minimum absolute atomic E-state index is 0.143. The molecule has 0 saturated carbocycles. The van der Waals surface area contributed by atoms with Crippen LogP contribution in [0.3, 0.4) is 0 Å². The molecule has 3 rings (SSSR count). The molecule has 2 aromatic rings. The molecule has 0 aliphatic carbocycles. The van der Waals surface area contributed by atoms with E-state index in [0.29, 0.717) is 24.6 Å². The average Bonchev–Trinajstić information content (AvgIpc) is 2.62. The van der Waals surface area contributed by atoms with Gasteiger partial charge in [0.2, 0.25) is 11.8 Å². The zero-order chi connectivity index (χ0) is 20.5. The third kappa shape index (κ3) is 6.81. The summed E-state index contributed by atoms with van der Waals surface area (Å²) in [6.07, 6.45) is 0. The van der Waals surface area contributed by atoms with E-state index < -0.39 is 0 Å². The Balaban J connectivity index is 0.000000221. The molecular formula is C20H25N3O5. The number of ether oxygens (including phenoxy) is 1. The van der Waals surface area contributed by atoms with Crippen molar-refractivity contribution in [1.82, 2.24) is 0 Å². The number of benzene rings is 2. The molecule has 0 atom stereocenters. The Morgan fingerprint density at radius 3 is 2.07 bits per heavy atom. The Kier molecular flexibility index (Phi) is 7.65. The van der Waals surface area contributed by atoms with Gasteiger partial charge < -0.3 is 30.5 Å². The van der Waals surface area contributed by atoms with Gasteiger partial charge in [0.1, 0.15) is 11.5 Å². The van der Waals surface area contributed by atoms with Gasteiger partial charge in [0.25, 0.3) is 0 Å². The highest BCUT2D eigenvalue weighted by atomic mass is 16.5. The number of amides is 2. The number of anilines is 3. The zero-order valence-corrected chi connectivity index (χ0v) is 15.9. The van der Waals surface area contributed by atoms with Crippen LogP contribution < -0.4 is 15.5 Å². The molecule has 0 bridgehead atoms. The standard InChI is InChI=1S/C12H16N2O3.C8H9NO2/c1-9(15)13-10-2-3-11(12(16)8-10)14-4-6-17-7-5-14;1-6(10)9-7-3-2-4-8(11)5-7/h2-3,8,16H,4-7H2,1H3,(H,13,15);2-5,11H,1H3,(H,9,10). The number of carbonyl (C=O) groups excluding carboxylic acids is 2. The second-order valence-corrected chi connectivity index (χ2v) is 6.22. The highest BCUT2D eigenvalue weighted by molar-refractivity contribution is 5.89. The fourth-order valence-electron chi connectivity index (χ4n) is 2.66. The predicted molar refractivity (Wildman–Crippen MR) is 108 cm³/mol. The number of aromatic hydroxyl groups is 2. The first kappa shape index (κ1) is 21.0. The second kappa shape index (κ2) is 10.2. The van der Waals surface area contributed by atoms with Gasteiger partial charge in [0.05, 0.1) is 18.9 Å². The average molecular weight is 387 g/mol. The smallest absolute Gasteiger partial charge is 0.221 e. The number of carbonyl (C=O) groups is 2. The Labute approximate surface area is 163 Å². The first-order valence-electron chi connectivity index (χ1n) is 8.85. The normalized spacial score (nSPS) is 13.1. The monoisotopic (exact) mass is 387 g/mol. The maximum Gasteiger partial charge on any atom is 0.221 e. The fourth-order valence-corrected chi connectivity index (χ4v) is 2.66. The van der Waals surface area contributed by atoms with Crippen molar-refractivity contribution in [2.75, 3.05) is 41.8 Å². The van der Waals surface area contributed by atoms with Crippen LogP contribution in [0.15, 0.2) is 42.5 Å². The summed E-state index contributed by atoms with van der Waals surface area (Å²) < 4.78 is 5.26. The van der Waals surface area contributed by atoms with Gasteiger partial charge in [-0.2, -0.15) is 0 Å². The molecule has 28 heavy (non-hydrogen) atoms. The Morgan fingerprint density at radius 2 is 1.54 bits per heavy atom. The lowest BCUT2D eigenvalue weighted by molar-refractivity contribution is -0.115. The maximum absolute atomic E-state index is 10.9. The molecule has 1 heterocycles. The van der Waals surface area contributed by atoms with Crippen molar-refractivity contribution in [2.45, 2.75) is 13.8 Å². The number of hydrogen-bond donors (Lipinski definition) is 4. The Morgan fingerprint density at radius 1 is 0.929 bits per heavy atom. The van der Waals surface area contributed by atoms with Crippen molar-refractivity contribution in [3.63, 3.8) is 0 Å². The number of hydrogen-bond acceptors (Lipinski definition) is 6. The van der Waals surface area contributed by atoms with Gasteiger partial charge in [-0.3, -0.25) is 9.59 Å². The molecule has 1 aliphatic heterocycles. The van der Waals surface area contributed by atoms with E-state index in [-0.39, 0.29) is 23.3 Å². The minimum atomic E-state index is -0.150. The number of phenols is 2. The van der Waals surface area contributed by atoms with Gasteiger partial charge in [-0.25, -0.2) is 0 Å². The highest BCUT2D eigenvalue weighted by Crippen LogP contribution is 2.30. The molecule has 1 aliphatic rings. The van der Waals surface area contributed by atoms with E-state index in [1.807, 2.05) is 6.07 Å². The molecule has 2 aromatic carbocycles. The molecule has 0 spiro atoms. The van der Waals surface area contributed by atoms with Crippen LogP contribution in [0.5, 0.6) is 11.5 Å². The Hall–Kier alpha value is -3.26. The van der Waals surface area contributed by atoms with Gasteiger partial charge in [-0.1, -0.05) is 6.07 Å². The summed E-state index contributed by atoms with van der Waals surface area (Å²) in [6.45, 7) is 5.75. The van der Waals surface area contributed by atoms with Crippen LogP contribution >= 0.6 is 0 Å². The van der Waals surface area contributed by atoms with E-state index >= 15 is 0 Å². The molecule has 2 amide bonds. The van der Waals surface area contributed by atoms with E-state index in [1.54, 1.807) is 30.3 Å². The maximum atomic E-state index is 10.9. The largest absolute Gasteiger partial charge is 0.508 e. The lowest BCUT2D eigenvalue weighted by Gasteiger charge is -2.29. The molecule has 150 valence electrons. The molecule has 8 heteroatoms. The molecule has 0 radical (unpaired) electrons. The summed E-state index contributed by atoms with van der Waals surface area (Å²) in [5.41, 5.74) is 1.99. The lowest BCUT2D eigenvalue weighted by Crippen LogP contribution is -2.36. The van der Waals surface area contributed by atoms with Gasteiger partial charge in [-0.05, 0) is 24.3 Å². The first-order chi connectivity index (χ1) is 13.3. The number of nitrogens with one attached hydrogen (secondary N) is 2.